The van der Waals surface area contributed by atoms with E-state index >= 15 is 0 Å². The number of nitrogens with zero attached hydrogens (tertiary/aromatic N) is 2. The molecule has 0 amide bonds. The van der Waals surface area contributed by atoms with Gasteiger partial charge in [0.2, 0.25) is 5.09 Å². The molecule has 2 heterocycles. The van der Waals surface area contributed by atoms with Crippen molar-refractivity contribution < 1.29 is 12.8 Å². The molecular formula is C12H18N4O3S. The van der Waals surface area contributed by atoms with Gasteiger partial charge in [-0.15, -0.1) is 0 Å². The van der Waals surface area contributed by atoms with E-state index in [2.05, 4.69) is 15.5 Å². The maximum Gasteiger partial charge on any atom is 0.275 e. The van der Waals surface area contributed by atoms with Crippen molar-refractivity contribution in [2.75, 3.05) is 14.1 Å². The first-order chi connectivity index (χ1) is 9.41. The van der Waals surface area contributed by atoms with Crippen molar-refractivity contribution >= 4 is 10.0 Å². The molecule has 0 saturated heterocycles. The van der Waals surface area contributed by atoms with Gasteiger partial charge in [0.05, 0.1) is 12.7 Å². The molecule has 0 unspecified atom stereocenters. The van der Waals surface area contributed by atoms with Crippen molar-refractivity contribution in [1.82, 2.24) is 19.8 Å². The van der Waals surface area contributed by atoms with Crippen LogP contribution in [0, 0.1) is 6.92 Å². The summed E-state index contributed by atoms with van der Waals surface area (Å²) in [6, 6.07) is 3.13. The van der Waals surface area contributed by atoms with Gasteiger partial charge in [-0.25, -0.2) is 12.7 Å². The average molecular weight is 298 g/mol. The molecule has 8 heteroatoms. The molecule has 2 aromatic rings. The molecular weight excluding hydrogens is 280 g/mol. The van der Waals surface area contributed by atoms with Crippen molar-refractivity contribution in [3.05, 3.63) is 35.3 Å². The van der Waals surface area contributed by atoms with Gasteiger partial charge in [-0.3, -0.25) is 5.10 Å². The summed E-state index contributed by atoms with van der Waals surface area (Å²) in [7, 11) is -0.568. The van der Waals surface area contributed by atoms with Crippen LogP contribution < -0.4 is 5.32 Å². The van der Waals surface area contributed by atoms with Crippen LogP contribution in [0.4, 0.5) is 0 Å². The fourth-order valence-corrected chi connectivity index (χ4v) is 2.46. The number of sulfonamides is 1. The standard InChI is InChI=1S/C12H18N4O3S/c1-9-10(7-14-15-9)6-13-8-11-4-5-12(19-11)20(17,18)16(2)3/h4-5,7,13H,6,8H2,1-3H3,(H,14,15). The highest BCUT2D eigenvalue weighted by Gasteiger charge is 2.21. The van der Waals surface area contributed by atoms with E-state index in [0.717, 1.165) is 15.6 Å². The van der Waals surface area contributed by atoms with E-state index in [9.17, 15) is 8.42 Å². The van der Waals surface area contributed by atoms with E-state index in [1.807, 2.05) is 6.92 Å². The Kier molecular flexibility index (Phi) is 4.26. The number of rotatable bonds is 6. The van der Waals surface area contributed by atoms with Gasteiger partial charge in [0.25, 0.3) is 10.0 Å². The summed E-state index contributed by atoms with van der Waals surface area (Å²) in [5.74, 6) is 0.576. The lowest BCUT2D eigenvalue weighted by Crippen LogP contribution is -2.21. The Morgan fingerprint density at radius 1 is 1.35 bits per heavy atom. The van der Waals surface area contributed by atoms with Crippen molar-refractivity contribution in [1.29, 1.82) is 0 Å². The molecule has 2 N–H and O–H groups in total. The molecule has 0 bridgehead atoms. The molecule has 0 aliphatic carbocycles. The third-order valence-corrected chi connectivity index (χ3v) is 4.61. The Morgan fingerprint density at radius 3 is 2.70 bits per heavy atom. The van der Waals surface area contributed by atoms with E-state index in [-0.39, 0.29) is 5.09 Å². The molecule has 0 aliphatic heterocycles. The highest BCUT2D eigenvalue weighted by molar-refractivity contribution is 7.88. The van der Waals surface area contributed by atoms with Crippen molar-refractivity contribution in [3.63, 3.8) is 0 Å². The van der Waals surface area contributed by atoms with Gasteiger partial charge in [-0.1, -0.05) is 0 Å². The molecule has 0 aromatic carbocycles. The molecule has 0 atom stereocenters. The lowest BCUT2D eigenvalue weighted by Gasteiger charge is -2.07. The molecule has 0 fully saturated rings. The number of aromatic amines is 1. The zero-order chi connectivity index (χ0) is 14.8. The van der Waals surface area contributed by atoms with Crippen LogP contribution in [0.2, 0.25) is 0 Å². The molecule has 0 spiro atoms. The zero-order valence-corrected chi connectivity index (χ0v) is 12.5. The molecule has 20 heavy (non-hydrogen) atoms. The van der Waals surface area contributed by atoms with Gasteiger partial charge in [0, 0.05) is 31.9 Å². The first kappa shape index (κ1) is 14.8. The largest absolute Gasteiger partial charge is 0.447 e. The van der Waals surface area contributed by atoms with Crippen LogP contribution in [-0.4, -0.2) is 37.0 Å². The maximum atomic E-state index is 11.8. The molecule has 0 aliphatic rings. The minimum absolute atomic E-state index is 0.0428. The number of hydrogen-bond acceptors (Lipinski definition) is 5. The van der Waals surface area contributed by atoms with Crippen molar-refractivity contribution in [3.8, 4) is 0 Å². The number of nitrogens with one attached hydrogen (secondary N) is 2. The van der Waals surface area contributed by atoms with Gasteiger partial charge in [-0.2, -0.15) is 5.10 Å². The lowest BCUT2D eigenvalue weighted by atomic mass is 10.2. The highest BCUT2D eigenvalue weighted by Crippen LogP contribution is 2.16. The molecule has 7 nitrogen and oxygen atoms in total. The Balaban J connectivity index is 1.96. The van der Waals surface area contributed by atoms with Gasteiger partial charge in [-0.05, 0) is 19.1 Å². The summed E-state index contributed by atoms with van der Waals surface area (Å²) >= 11 is 0. The summed E-state index contributed by atoms with van der Waals surface area (Å²) in [4.78, 5) is 0. The van der Waals surface area contributed by atoms with E-state index in [1.54, 1.807) is 12.3 Å². The van der Waals surface area contributed by atoms with E-state index in [0.29, 0.717) is 18.8 Å². The quantitative estimate of drug-likeness (QED) is 0.825. The van der Waals surface area contributed by atoms with Crippen LogP contribution in [0.25, 0.3) is 0 Å². The first-order valence-corrected chi connectivity index (χ1v) is 7.56. The predicted molar refractivity (Wildman–Crippen MR) is 73.4 cm³/mol. The van der Waals surface area contributed by atoms with Gasteiger partial charge < -0.3 is 9.73 Å². The average Bonchev–Trinajstić information content (AvgIpc) is 2.99. The Labute approximate surface area is 118 Å². The summed E-state index contributed by atoms with van der Waals surface area (Å²) in [6.07, 6.45) is 1.76. The smallest absolute Gasteiger partial charge is 0.275 e. The summed E-state index contributed by atoms with van der Waals surface area (Å²) in [5.41, 5.74) is 2.07. The van der Waals surface area contributed by atoms with Crippen molar-refractivity contribution in [2.24, 2.45) is 0 Å². The number of H-pyrrole nitrogens is 1. The van der Waals surface area contributed by atoms with E-state index in [1.165, 1.54) is 20.2 Å². The lowest BCUT2D eigenvalue weighted by molar-refractivity contribution is 0.389. The van der Waals surface area contributed by atoms with E-state index < -0.39 is 10.0 Å². The second-order valence-electron chi connectivity index (χ2n) is 4.63. The normalized spacial score (nSPS) is 12.2. The Hall–Kier alpha value is -1.64. The second-order valence-corrected chi connectivity index (χ2v) is 6.71. The summed E-state index contributed by atoms with van der Waals surface area (Å²) in [6.45, 7) is 3.03. The third-order valence-electron chi connectivity index (χ3n) is 2.92. The number of aromatic nitrogens is 2. The Morgan fingerprint density at radius 2 is 2.10 bits per heavy atom. The SMILES string of the molecule is Cc1[nH]ncc1CNCc1ccc(S(=O)(=O)N(C)C)o1. The molecule has 0 radical (unpaired) electrons. The number of aryl methyl sites for hydroxylation is 1. The minimum atomic E-state index is -3.51. The summed E-state index contributed by atoms with van der Waals surface area (Å²) < 4.78 is 30.2. The Bertz CT molecular complexity index is 672. The molecule has 110 valence electrons. The van der Waals surface area contributed by atoms with Gasteiger partial charge in [0.15, 0.2) is 0 Å². The minimum Gasteiger partial charge on any atom is -0.447 e. The topological polar surface area (TPSA) is 91.2 Å². The third kappa shape index (κ3) is 3.09. The number of hydrogen-bond donors (Lipinski definition) is 2. The molecule has 2 rings (SSSR count). The van der Waals surface area contributed by atoms with Crippen molar-refractivity contribution in [2.45, 2.75) is 25.1 Å². The maximum absolute atomic E-state index is 11.8. The van der Waals surface area contributed by atoms with Crippen LogP contribution in [0.5, 0.6) is 0 Å². The zero-order valence-electron chi connectivity index (χ0n) is 11.7. The fourth-order valence-electron chi connectivity index (χ4n) is 1.65. The van der Waals surface area contributed by atoms with Crippen LogP contribution >= 0.6 is 0 Å². The van der Waals surface area contributed by atoms with Crippen LogP contribution in [-0.2, 0) is 23.1 Å². The molecule has 2 aromatic heterocycles. The van der Waals surface area contributed by atoms with Crippen LogP contribution in [0.15, 0.2) is 27.8 Å². The number of furan rings is 1. The monoisotopic (exact) mass is 298 g/mol. The highest BCUT2D eigenvalue weighted by atomic mass is 32.2. The van der Waals surface area contributed by atoms with Crippen LogP contribution in [0.3, 0.4) is 0 Å². The molecule has 0 saturated carbocycles. The predicted octanol–water partition coefficient (Wildman–Crippen LogP) is 0.851. The van der Waals surface area contributed by atoms with E-state index in [4.69, 9.17) is 4.42 Å². The summed E-state index contributed by atoms with van der Waals surface area (Å²) in [5, 5.41) is 9.92. The first-order valence-electron chi connectivity index (χ1n) is 6.12. The second kappa shape index (κ2) is 5.78. The fraction of sp³-hybridized carbons (Fsp3) is 0.417. The van der Waals surface area contributed by atoms with Gasteiger partial charge in [0.1, 0.15) is 5.76 Å². The van der Waals surface area contributed by atoms with Crippen LogP contribution in [0.1, 0.15) is 17.0 Å². The van der Waals surface area contributed by atoms with Gasteiger partial charge >= 0.3 is 0 Å².